The summed E-state index contributed by atoms with van der Waals surface area (Å²) < 4.78 is 4.59. The van der Waals surface area contributed by atoms with Crippen LogP contribution in [0.2, 0.25) is 0 Å². The molecule has 0 unspecified atom stereocenters. The Morgan fingerprint density at radius 3 is 2.04 bits per heavy atom. The van der Waals surface area contributed by atoms with Crippen LogP contribution in [-0.4, -0.2) is 18.0 Å². The minimum absolute atomic E-state index is 0.150. The highest BCUT2D eigenvalue weighted by molar-refractivity contribution is 5.68. The molecule has 0 aromatic carbocycles. The lowest BCUT2D eigenvalue weighted by atomic mass is 10.1. The van der Waals surface area contributed by atoms with Crippen molar-refractivity contribution in [2.24, 2.45) is 0 Å². The van der Waals surface area contributed by atoms with Gasteiger partial charge in [-0.3, -0.25) is 14.9 Å². The van der Waals surface area contributed by atoms with Gasteiger partial charge in [0.1, 0.15) is 0 Å². The Balaban J connectivity index is 3.69. The van der Waals surface area contributed by atoms with E-state index < -0.39 is 0 Å². The van der Waals surface area contributed by atoms with Gasteiger partial charge < -0.3 is 4.74 Å². The average Bonchev–Trinajstić information content (AvgIpc) is 2.57. The predicted molar refractivity (Wildman–Crippen MR) is 97.4 cm³/mol. The van der Waals surface area contributed by atoms with E-state index in [4.69, 9.17) is 0 Å². The van der Waals surface area contributed by atoms with E-state index >= 15 is 0 Å². The van der Waals surface area contributed by atoms with Gasteiger partial charge in [0, 0.05) is 12.8 Å². The number of hydrogen-bond donors (Lipinski definition) is 0. The molecule has 0 saturated carbocycles. The fourth-order valence-electron chi connectivity index (χ4n) is 2.67. The molecule has 0 radical (unpaired) electrons. The van der Waals surface area contributed by atoms with Crippen LogP contribution in [-0.2, 0) is 9.53 Å². The largest absolute Gasteiger partial charge is 0.469 e. The Kier molecular flexibility index (Phi) is 15.5. The van der Waals surface area contributed by atoms with Gasteiger partial charge in [0.05, 0.1) is 12.0 Å². The number of unbranched alkanes of at least 4 members (excludes halogenated alkanes) is 10. The molecule has 0 fully saturated rings. The first kappa shape index (κ1) is 22.6. The van der Waals surface area contributed by atoms with Crippen molar-refractivity contribution in [1.29, 1.82) is 0 Å². The summed E-state index contributed by atoms with van der Waals surface area (Å²) in [5.74, 6) is -0.150. The molecule has 0 aliphatic heterocycles. The van der Waals surface area contributed by atoms with Gasteiger partial charge in [-0.2, -0.15) is 0 Å². The van der Waals surface area contributed by atoms with Crippen molar-refractivity contribution >= 4 is 5.97 Å². The topological polar surface area (TPSA) is 69.4 Å². The van der Waals surface area contributed by atoms with Crippen LogP contribution in [0.5, 0.6) is 0 Å². The van der Waals surface area contributed by atoms with E-state index in [-0.39, 0.29) is 10.9 Å². The third-order valence-electron chi connectivity index (χ3n) is 4.21. The van der Waals surface area contributed by atoms with E-state index in [9.17, 15) is 14.9 Å². The molecule has 0 aliphatic carbocycles. The van der Waals surface area contributed by atoms with Crippen molar-refractivity contribution in [1.82, 2.24) is 0 Å². The minimum atomic E-state index is -0.220. The van der Waals surface area contributed by atoms with Gasteiger partial charge in [-0.05, 0) is 31.8 Å². The molecule has 5 nitrogen and oxygen atoms in total. The van der Waals surface area contributed by atoms with Gasteiger partial charge in [0.2, 0.25) is 5.70 Å². The Hall–Kier alpha value is -1.39. The quantitative estimate of drug-likeness (QED) is 0.154. The highest BCUT2D eigenvalue weighted by atomic mass is 16.6. The summed E-state index contributed by atoms with van der Waals surface area (Å²) in [6, 6.07) is 0. The molecule has 24 heavy (non-hydrogen) atoms. The molecule has 140 valence electrons. The molecule has 0 aromatic rings. The first-order chi connectivity index (χ1) is 11.6. The summed E-state index contributed by atoms with van der Waals surface area (Å²) in [7, 11) is 1.41. The Labute approximate surface area is 147 Å². The van der Waals surface area contributed by atoms with Crippen LogP contribution < -0.4 is 0 Å². The van der Waals surface area contributed by atoms with Crippen molar-refractivity contribution in [3.63, 3.8) is 0 Å². The zero-order chi connectivity index (χ0) is 18.0. The van der Waals surface area contributed by atoms with E-state index in [0.717, 1.165) is 51.4 Å². The second kappa shape index (κ2) is 16.5. The maximum absolute atomic E-state index is 11.1. The van der Waals surface area contributed by atoms with Crippen molar-refractivity contribution in [2.75, 3.05) is 7.11 Å². The lowest BCUT2D eigenvalue weighted by molar-refractivity contribution is -0.428. The van der Waals surface area contributed by atoms with Gasteiger partial charge >= 0.3 is 5.97 Å². The Bertz CT molecular complexity index is 366. The maximum Gasteiger partial charge on any atom is 0.305 e. The number of nitrogens with zero attached hydrogens (tertiary/aromatic N) is 1. The summed E-state index contributed by atoms with van der Waals surface area (Å²) in [4.78, 5) is 21.8. The van der Waals surface area contributed by atoms with Gasteiger partial charge in [0.25, 0.3) is 0 Å². The van der Waals surface area contributed by atoms with Crippen LogP contribution in [0.3, 0.4) is 0 Å². The lowest BCUT2D eigenvalue weighted by Crippen LogP contribution is -1.99. The number of nitro groups is 1. The van der Waals surface area contributed by atoms with Crippen molar-refractivity contribution in [3.05, 3.63) is 21.9 Å². The molecule has 0 spiro atoms. The number of hydrogen-bond acceptors (Lipinski definition) is 4. The molecule has 5 heteroatoms. The number of carbonyl (C=O) groups excluding carboxylic acids is 1. The van der Waals surface area contributed by atoms with Crippen LogP contribution in [0.4, 0.5) is 0 Å². The van der Waals surface area contributed by atoms with Gasteiger partial charge in [-0.1, -0.05) is 58.3 Å². The van der Waals surface area contributed by atoms with E-state index in [1.165, 1.54) is 32.8 Å². The Morgan fingerprint density at radius 1 is 0.917 bits per heavy atom. The van der Waals surface area contributed by atoms with E-state index in [2.05, 4.69) is 11.7 Å². The molecule has 0 bridgehead atoms. The van der Waals surface area contributed by atoms with Crippen LogP contribution in [0.25, 0.3) is 0 Å². The maximum atomic E-state index is 11.1. The molecule has 0 saturated heterocycles. The molecule has 0 heterocycles. The summed E-state index contributed by atoms with van der Waals surface area (Å²) in [6.45, 7) is 2.19. The fourth-order valence-corrected chi connectivity index (χ4v) is 2.67. The number of esters is 1. The average molecular weight is 341 g/mol. The van der Waals surface area contributed by atoms with Gasteiger partial charge in [-0.25, -0.2) is 0 Å². The van der Waals surface area contributed by atoms with Gasteiger partial charge in [0.15, 0.2) is 0 Å². The number of rotatable bonds is 16. The SMILES string of the molecule is CCCCCCCC/C(=C\CCCCCCCC(=O)OC)[N+](=O)[O-]. The number of carbonyl (C=O) groups is 1. The van der Waals surface area contributed by atoms with Crippen molar-refractivity contribution in [2.45, 2.75) is 96.8 Å². The van der Waals surface area contributed by atoms with E-state index in [0.29, 0.717) is 18.5 Å². The molecule has 0 atom stereocenters. The van der Waals surface area contributed by atoms with Crippen LogP contribution >= 0.6 is 0 Å². The molecule has 0 aromatic heterocycles. The number of allylic oxidation sites excluding steroid dienone is 2. The standard InChI is InChI=1S/C19H35NO4/c1-3-4-5-6-9-12-15-18(20(22)23)16-13-10-7-8-11-14-17-19(21)24-2/h16H,3-15,17H2,1-2H3/b18-16+. The molecule has 0 N–H and O–H groups in total. The third kappa shape index (κ3) is 14.2. The number of ether oxygens (including phenoxy) is 1. The smallest absolute Gasteiger partial charge is 0.305 e. The van der Waals surface area contributed by atoms with Crippen LogP contribution in [0.15, 0.2) is 11.8 Å². The summed E-state index contributed by atoms with van der Waals surface area (Å²) in [5.41, 5.74) is 0.385. The second-order valence-electron chi connectivity index (χ2n) is 6.35. The molecule has 0 amide bonds. The molecular formula is C19H35NO4. The number of methoxy groups -OCH3 is 1. The first-order valence-electron chi connectivity index (χ1n) is 9.52. The third-order valence-corrected chi connectivity index (χ3v) is 4.21. The van der Waals surface area contributed by atoms with Crippen molar-refractivity contribution in [3.8, 4) is 0 Å². The van der Waals surface area contributed by atoms with Gasteiger partial charge in [-0.15, -0.1) is 0 Å². The summed E-state index contributed by atoms with van der Waals surface area (Å²) >= 11 is 0. The predicted octanol–water partition coefficient (Wildman–Crippen LogP) is 5.80. The minimum Gasteiger partial charge on any atom is -0.469 e. The van der Waals surface area contributed by atoms with E-state index in [1.54, 1.807) is 6.08 Å². The Morgan fingerprint density at radius 2 is 1.46 bits per heavy atom. The summed E-state index contributed by atoms with van der Waals surface area (Å²) in [6.07, 6.45) is 15.6. The monoisotopic (exact) mass is 341 g/mol. The van der Waals surface area contributed by atoms with Crippen LogP contribution in [0, 0.1) is 10.1 Å². The zero-order valence-electron chi connectivity index (χ0n) is 15.6. The van der Waals surface area contributed by atoms with Crippen molar-refractivity contribution < 1.29 is 14.5 Å². The fraction of sp³-hybridized carbons (Fsp3) is 0.842. The molecule has 0 rings (SSSR count). The van der Waals surface area contributed by atoms with E-state index in [1.807, 2.05) is 0 Å². The lowest BCUT2D eigenvalue weighted by Gasteiger charge is -2.02. The second-order valence-corrected chi connectivity index (χ2v) is 6.35. The molecule has 0 aliphatic rings. The zero-order valence-corrected chi connectivity index (χ0v) is 15.6. The molecular weight excluding hydrogens is 306 g/mol. The normalized spacial score (nSPS) is 11.5. The summed E-state index contributed by atoms with van der Waals surface area (Å²) in [5, 5.41) is 11.1. The highest BCUT2D eigenvalue weighted by Gasteiger charge is 2.09. The van der Waals surface area contributed by atoms with Crippen LogP contribution in [0.1, 0.15) is 96.8 Å². The first-order valence-corrected chi connectivity index (χ1v) is 9.52. The highest BCUT2D eigenvalue weighted by Crippen LogP contribution is 2.15.